The fraction of sp³-hybridized carbons (Fsp3) is 0.500. The standard InChI is InChI=1S/C14H22N2/c1-4-6-12(3)16-14(7-5-2)13-8-10-15-11-9-13/h5,8-12,14,16H,2,4,6-7H2,1,3H3. The van der Waals surface area contributed by atoms with Crippen molar-refractivity contribution in [1.29, 1.82) is 0 Å². The summed E-state index contributed by atoms with van der Waals surface area (Å²) in [6.45, 7) is 8.28. The molecule has 2 unspecified atom stereocenters. The Labute approximate surface area is 98.8 Å². The second-order valence-corrected chi connectivity index (χ2v) is 4.21. The molecule has 2 atom stereocenters. The maximum absolute atomic E-state index is 4.05. The van der Waals surface area contributed by atoms with Crippen LogP contribution in [0.3, 0.4) is 0 Å². The third-order valence-electron chi connectivity index (χ3n) is 2.72. The van der Waals surface area contributed by atoms with Gasteiger partial charge in [0.05, 0.1) is 0 Å². The van der Waals surface area contributed by atoms with Crippen LogP contribution < -0.4 is 5.32 Å². The maximum Gasteiger partial charge on any atom is 0.0358 e. The number of pyridine rings is 1. The maximum atomic E-state index is 4.05. The third-order valence-corrected chi connectivity index (χ3v) is 2.72. The number of rotatable bonds is 7. The van der Waals surface area contributed by atoms with E-state index in [9.17, 15) is 0 Å². The second kappa shape index (κ2) is 7.18. The SMILES string of the molecule is C=CCC(NC(C)CCC)c1ccncc1. The molecule has 1 rings (SSSR count). The van der Waals surface area contributed by atoms with Gasteiger partial charge in [0.2, 0.25) is 0 Å². The molecule has 2 heteroatoms. The molecular formula is C14H22N2. The summed E-state index contributed by atoms with van der Waals surface area (Å²) in [5.41, 5.74) is 1.29. The van der Waals surface area contributed by atoms with Crippen molar-refractivity contribution in [2.45, 2.75) is 45.2 Å². The van der Waals surface area contributed by atoms with E-state index in [0.29, 0.717) is 12.1 Å². The first-order valence-corrected chi connectivity index (χ1v) is 6.04. The van der Waals surface area contributed by atoms with Crippen molar-refractivity contribution in [2.24, 2.45) is 0 Å². The van der Waals surface area contributed by atoms with E-state index < -0.39 is 0 Å². The van der Waals surface area contributed by atoms with E-state index in [2.05, 4.69) is 42.9 Å². The molecule has 1 aromatic rings. The van der Waals surface area contributed by atoms with E-state index >= 15 is 0 Å². The lowest BCUT2D eigenvalue weighted by Crippen LogP contribution is -2.30. The highest BCUT2D eigenvalue weighted by molar-refractivity contribution is 5.16. The topological polar surface area (TPSA) is 24.9 Å². The van der Waals surface area contributed by atoms with E-state index in [0.717, 1.165) is 6.42 Å². The van der Waals surface area contributed by atoms with Gasteiger partial charge in [0, 0.05) is 24.5 Å². The molecule has 2 nitrogen and oxygen atoms in total. The molecule has 1 aromatic heterocycles. The number of aromatic nitrogens is 1. The molecule has 0 saturated carbocycles. The van der Waals surface area contributed by atoms with Gasteiger partial charge in [-0.25, -0.2) is 0 Å². The van der Waals surface area contributed by atoms with Gasteiger partial charge in [0.25, 0.3) is 0 Å². The van der Waals surface area contributed by atoms with Crippen LogP contribution in [0.4, 0.5) is 0 Å². The van der Waals surface area contributed by atoms with Crippen LogP contribution in [0.5, 0.6) is 0 Å². The summed E-state index contributed by atoms with van der Waals surface area (Å²) >= 11 is 0. The quantitative estimate of drug-likeness (QED) is 0.709. The highest BCUT2D eigenvalue weighted by Gasteiger charge is 2.11. The number of hydrogen-bond donors (Lipinski definition) is 1. The van der Waals surface area contributed by atoms with Gasteiger partial charge in [-0.1, -0.05) is 19.4 Å². The fourth-order valence-electron chi connectivity index (χ4n) is 1.92. The van der Waals surface area contributed by atoms with Crippen molar-refractivity contribution in [1.82, 2.24) is 10.3 Å². The highest BCUT2D eigenvalue weighted by Crippen LogP contribution is 2.17. The summed E-state index contributed by atoms with van der Waals surface area (Å²) in [6, 6.07) is 5.05. The second-order valence-electron chi connectivity index (χ2n) is 4.21. The molecule has 0 saturated heterocycles. The van der Waals surface area contributed by atoms with Gasteiger partial charge in [0.15, 0.2) is 0 Å². The Morgan fingerprint density at radius 1 is 1.44 bits per heavy atom. The average molecular weight is 218 g/mol. The molecule has 16 heavy (non-hydrogen) atoms. The predicted octanol–water partition coefficient (Wildman–Crippen LogP) is 3.48. The van der Waals surface area contributed by atoms with Crippen molar-refractivity contribution in [3.63, 3.8) is 0 Å². The van der Waals surface area contributed by atoms with Crippen LogP contribution in [0, 0.1) is 0 Å². The van der Waals surface area contributed by atoms with Gasteiger partial charge >= 0.3 is 0 Å². The van der Waals surface area contributed by atoms with E-state index in [1.54, 1.807) is 0 Å². The van der Waals surface area contributed by atoms with Crippen molar-refractivity contribution >= 4 is 0 Å². The normalized spacial score (nSPS) is 14.4. The molecular weight excluding hydrogens is 196 g/mol. The third kappa shape index (κ3) is 4.15. The molecule has 88 valence electrons. The molecule has 0 bridgehead atoms. The molecule has 0 aliphatic heterocycles. The molecule has 0 aliphatic carbocycles. The number of hydrogen-bond acceptors (Lipinski definition) is 2. The Morgan fingerprint density at radius 3 is 2.69 bits per heavy atom. The van der Waals surface area contributed by atoms with Crippen LogP contribution in [0.2, 0.25) is 0 Å². The molecule has 0 aromatic carbocycles. The summed E-state index contributed by atoms with van der Waals surface area (Å²) in [7, 11) is 0. The Balaban J connectivity index is 2.64. The highest BCUT2D eigenvalue weighted by atomic mass is 14.9. The largest absolute Gasteiger partial charge is 0.307 e. The van der Waals surface area contributed by atoms with E-state index in [-0.39, 0.29) is 0 Å². The number of nitrogens with one attached hydrogen (secondary N) is 1. The first kappa shape index (κ1) is 12.9. The van der Waals surface area contributed by atoms with Gasteiger partial charge in [-0.2, -0.15) is 0 Å². The van der Waals surface area contributed by atoms with Crippen LogP contribution in [0.15, 0.2) is 37.2 Å². The molecule has 0 fully saturated rings. The molecule has 0 radical (unpaired) electrons. The monoisotopic (exact) mass is 218 g/mol. The summed E-state index contributed by atoms with van der Waals surface area (Å²) < 4.78 is 0. The lowest BCUT2D eigenvalue weighted by Gasteiger charge is -2.22. The Bertz CT molecular complexity index is 295. The lowest BCUT2D eigenvalue weighted by molar-refractivity contribution is 0.434. The van der Waals surface area contributed by atoms with E-state index in [1.807, 2.05) is 18.5 Å². The van der Waals surface area contributed by atoms with Gasteiger partial charge in [0.1, 0.15) is 0 Å². The first-order chi connectivity index (χ1) is 7.77. The summed E-state index contributed by atoms with van der Waals surface area (Å²) in [5.74, 6) is 0. The average Bonchev–Trinajstić information content (AvgIpc) is 2.30. The van der Waals surface area contributed by atoms with Gasteiger partial charge in [-0.3, -0.25) is 4.98 Å². The molecule has 1 heterocycles. The van der Waals surface area contributed by atoms with Crippen LogP contribution in [-0.2, 0) is 0 Å². The zero-order chi connectivity index (χ0) is 11.8. The molecule has 0 aliphatic rings. The van der Waals surface area contributed by atoms with Crippen LogP contribution in [-0.4, -0.2) is 11.0 Å². The number of nitrogens with zero attached hydrogens (tertiary/aromatic N) is 1. The molecule has 0 amide bonds. The first-order valence-electron chi connectivity index (χ1n) is 6.04. The summed E-state index contributed by atoms with van der Waals surface area (Å²) in [5, 5.41) is 3.64. The van der Waals surface area contributed by atoms with Crippen molar-refractivity contribution in [3.8, 4) is 0 Å². The van der Waals surface area contributed by atoms with Crippen molar-refractivity contribution < 1.29 is 0 Å². The zero-order valence-corrected chi connectivity index (χ0v) is 10.3. The van der Waals surface area contributed by atoms with Gasteiger partial charge < -0.3 is 5.32 Å². The minimum absolute atomic E-state index is 0.363. The van der Waals surface area contributed by atoms with Gasteiger partial charge in [-0.05, 0) is 37.5 Å². The minimum Gasteiger partial charge on any atom is -0.307 e. The Morgan fingerprint density at radius 2 is 2.12 bits per heavy atom. The summed E-state index contributed by atoms with van der Waals surface area (Å²) in [6.07, 6.45) is 9.04. The Hall–Kier alpha value is -1.15. The van der Waals surface area contributed by atoms with Crippen LogP contribution in [0.1, 0.15) is 44.7 Å². The minimum atomic E-state index is 0.363. The van der Waals surface area contributed by atoms with Crippen molar-refractivity contribution in [2.75, 3.05) is 0 Å². The van der Waals surface area contributed by atoms with Crippen LogP contribution >= 0.6 is 0 Å². The van der Waals surface area contributed by atoms with E-state index in [1.165, 1.54) is 18.4 Å². The van der Waals surface area contributed by atoms with E-state index in [4.69, 9.17) is 0 Å². The lowest BCUT2D eigenvalue weighted by atomic mass is 10.0. The molecule has 1 N–H and O–H groups in total. The van der Waals surface area contributed by atoms with Crippen molar-refractivity contribution in [3.05, 3.63) is 42.7 Å². The Kier molecular flexibility index (Phi) is 5.79. The zero-order valence-electron chi connectivity index (χ0n) is 10.3. The smallest absolute Gasteiger partial charge is 0.0358 e. The predicted molar refractivity (Wildman–Crippen MR) is 69.3 cm³/mol. The van der Waals surface area contributed by atoms with Gasteiger partial charge in [-0.15, -0.1) is 6.58 Å². The summed E-state index contributed by atoms with van der Waals surface area (Å²) in [4.78, 5) is 4.05. The fourth-order valence-corrected chi connectivity index (χ4v) is 1.92. The van der Waals surface area contributed by atoms with Crippen LogP contribution in [0.25, 0.3) is 0 Å². The molecule has 0 spiro atoms.